The number of nitrogens with one attached hydrogen (secondary N) is 2. The molecule has 17 heavy (non-hydrogen) atoms. The topological polar surface area (TPSA) is 47.6 Å². The van der Waals surface area contributed by atoms with Crippen LogP contribution in [0.2, 0.25) is 0 Å². The van der Waals surface area contributed by atoms with Crippen molar-refractivity contribution in [3.63, 3.8) is 0 Å². The maximum absolute atomic E-state index is 11.4. The molecule has 102 valence electrons. The van der Waals surface area contributed by atoms with Crippen LogP contribution in [0.5, 0.6) is 0 Å². The zero-order valence-corrected chi connectivity index (χ0v) is 11.8. The fraction of sp³-hybridized carbons (Fsp3) is 0.917. The van der Waals surface area contributed by atoms with Crippen LogP contribution in [0.4, 0.5) is 0 Å². The van der Waals surface area contributed by atoms with Gasteiger partial charge in [-0.05, 0) is 60.7 Å². The third-order valence-electron chi connectivity index (χ3n) is 2.35. The normalized spacial score (nSPS) is 11.2. The summed E-state index contributed by atoms with van der Waals surface area (Å²) in [5.74, 6) is 0.0913. The number of nitrogens with zero attached hydrogens (tertiary/aromatic N) is 2. The molecule has 0 fully saturated rings. The molecule has 2 N–H and O–H groups in total. The zero-order chi connectivity index (χ0) is 13.1. The highest BCUT2D eigenvalue weighted by Gasteiger charge is 1.99. The molecule has 0 aromatic heterocycles. The van der Waals surface area contributed by atoms with Gasteiger partial charge in [0, 0.05) is 6.54 Å². The Balaban J connectivity index is 3.23. The van der Waals surface area contributed by atoms with Crippen LogP contribution in [0.25, 0.3) is 0 Å². The van der Waals surface area contributed by atoms with Crippen molar-refractivity contribution >= 4 is 5.91 Å². The van der Waals surface area contributed by atoms with Crippen LogP contribution in [0.15, 0.2) is 0 Å². The Labute approximate surface area is 106 Å². The highest BCUT2D eigenvalue weighted by atomic mass is 16.1. The van der Waals surface area contributed by atoms with Crippen molar-refractivity contribution in [2.24, 2.45) is 0 Å². The minimum absolute atomic E-state index is 0.0913. The highest BCUT2D eigenvalue weighted by molar-refractivity contribution is 5.77. The van der Waals surface area contributed by atoms with Crippen molar-refractivity contribution in [1.29, 1.82) is 0 Å². The Morgan fingerprint density at radius 1 is 0.941 bits per heavy atom. The van der Waals surface area contributed by atoms with Crippen LogP contribution in [0, 0.1) is 0 Å². The van der Waals surface area contributed by atoms with Crippen LogP contribution in [0.3, 0.4) is 0 Å². The Kier molecular flexibility index (Phi) is 10.1. The molecule has 0 atom stereocenters. The first-order valence-electron chi connectivity index (χ1n) is 6.29. The van der Waals surface area contributed by atoms with E-state index in [0.717, 1.165) is 39.0 Å². The Morgan fingerprint density at radius 3 is 2.00 bits per heavy atom. The van der Waals surface area contributed by atoms with E-state index in [1.807, 2.05) is 14.1 Å². The number of rotatable bonds is 10. The molecule has 1 amide bonds. The second kappa shape index (κ2) is 10.5. The number of hydrogen-bond donors (Lipinski definition) is 2. The first-order chi connectivity index (χ1) is 8.02. The summed E-state index contributed by atoms with van der Waals surface area (Å²) in [6, 6.07) is 0. The molecule has 0 unspecified atom stereocenters. The van der Waals surface area contributed by atoms with Gasteiger partial charge in [-0.3, -0.25) is 4.79 Å². The molecule has 5 heteroatoms. The van der Waals surface area contributed by atoms with Gasteiger partial charge in [0.25, 0.3) is 0 Å². The van der Waals surface area contributed by atoms with E-state index in [4.69, 9.17) is 0 Å². The van der Waals surface area contributed by atoms with Gasteiger partial charge in [0.2, 0.25) is 5.91 Å². The van der Waals surface area contributed by atoms with Crippen LogP contribution < -0.4 is 10.6 Å². The molecule has 0 aliphatic heterocycles. The summed E-state index contributed by atoms with van der Waals surface area (Å²) in [4.78, 5) is 15.6. The fourth-order valence-electron chi connectivity index (χ4n) is 1.41. The molecule has 0 aromatic carbocycles. The molecular weight excluding hydrogens is 216 g/mol. The first-order valence-corrected chi connectivity index (χ1v) is 6.29. The number of carbonyl (C=O) groups excluding carboxylic acids is 1. The van der Waals surface area contributed by atoms with Gasteiger partial charge in [-0.25, -0.2) is 0 Å². The standard InChI is InChI=1S/C12H28N4O/c1-15(2)9-5-7-13-11-12(17)14-8-6-10-16(3)4/h13H,5-11H2,1-4H3,(H,14,17). The summed E-state index contributed by atoms with van der Waals surface area (Å²) in [7, 11) is 8.18. The molecule has 0 saturated carbocycles. The molecule has 0 rings (SSSR count). The Hall–Kier alpha value is -0.650. The maximum Gasteiger partial charge on any atom is 0.233 e. The average molecular weight is 244 g/mol. The zero-order valence-electron chi connectivity index (χ0n) is 11.8. The van der Waals surface area contributed by atoms with Gasteiger partial charge in [0.15, 0.2) is 0 Å². The second-order valence-corrected chi connectivity index (χ2v) is 4.84. The molecule has 0 aromatic rings. The van der Waals surface area contributed by atoms with Gasteiger partial charge in [0.05, 0.1) is 6.54 Å². The molecule has 0 heterocycles. The maximum atomic E-state index is 11.4. The van der Waals surface area contributed by atoms with Crippen molar-refractivity contribution in [2.45, 2.75) is 12.8 Å². The quantitative estimate of drug-likeness (QED) is 0.513. The predicted octanol–water partition coefficient (Wildman–Crippen LogP) is -0.404. The average Bonchev–Trinajstić information content (AvgIpc) is 2.23. The largest absolute Gasteiger partial charge is 0.355 e. The van der Waals surface area contributed by atoms with Crippen molar-refractivity contribution in [2.75, 3.05) is 60.9 Å². The lowest BCUT2D eigenvalue weighted by Crippen LogP contribution is -2.36. The van der Waals surface area contributed by atoms with Crippen molar-refractivity contribution in [3.8, 4) is 0 Å². The monoisotopic (exact) mass is 244 g/mol. The van der Waals surface area contributed by atoms with E-state index in [1.54, 1.807) is 0 Å². The summed E-state index contributed by atoms with van der Waals surface area (Å²) < 4.78 is 0. The van der Waals surface area contributed by atoms with E-state index >= 15 is 0 Å². The van der Waals surface area contributed by atoms with Crippen LogP contribution in [-0.4, -0.2) is 76.6 Å². The molecule has 0 aliphatic carbocycles. The van der Waals surface area contributed by atoms with E-state index < -0.39 is 0 Å². The van der Waals surface area contributed by atoms with Crippen molar-refractivity contribution < 1.29 is 4.79 Å². The van der Waals surface area contributed by atoms with Gasteiger partial charge in [-0.1, -0.05) is 0 Å². The van der Waals surface area contributed by atoms with Gasteiger partial charge in [-0.15, -0.1) is 0 Å². The number of carbonyl (C=O) groups is 1. The lowest BCUT2D eigenvalue weighted by atomic mass is 10.4. The minimum Gasteiger partial charge on any atom is -0.355 e. The van der Waals surface area contributed by atoms with E-state index in [-0.39, 0.29) is 5.91 Å². The number of hydrogen-bond acceptors (Lipinski definition) is 4. The summed E-state index contributed by atoms with van der Waals surface area (Å²) in [5.41, 5.74) is 0. The molecule has 0 saturated heterocycles. The molecule has 0 bridgehead atoms. The van der Waals surface area contributed by atoms with Crippen molar-refractivity contribution in [3.05, 3.63) is 0 Å². The van der Waals surface area contributed by atoms with Gasteiger partial charge in [0.1, 0.15) is 0 Å². The molecular formula is C12H28N4O. The first kappa shape index (κ1) is 16.4. The minimum atomic E-state index is 0.0913. The Bertz CT molecular complexity index is 195. The van der Waals surface area contributed by atoms with E-state index in [1.165, 1.54) is 0 Å². The summed E-state index contributed by atoms with van der Waals surface area (Å²) >= 11 is 0. The van der Waals surface area contributed by atoms with E-state index in [0.29, 0.717) is 6.54 Å². The second-order valence-electron chi connectivity index (χ2n) is 4.84. The SMILES string of the molecule is CN(C)CCCNCC(=O)NCCCN(C)C. The van der Waals surface area contributed by atoms with Gasteiger partial charge >= 0.3 is 0 Å². The summed E-state index contributed by atoms with van der Waals surface area (Å²) in [5, 5.41) is 6.04. The van der Waals surface area contributed by atoms with Gasteiger partial charge in [-0.2, -0.15) is 0 Å². The number of amides is 1. The molecule has 0 aliphatic rings. The predicted molar refractivity (Wildman–Crippen MR) is 72.2 cm³/mol. The lowest BCUT2D eigenvalue weighted by Gasteiger charge is -2.11. The van der Waals surface area contributed by atoms with E-state index in [2.05, 4.69) is 34.5 Å². The third kappa shape index (κ3) is 13.3. The highest BCUT2D eigenvalue weighted by Crippen LogP contribution is 1.82. The van der Waals surface area contributed by atoms with Crippen LogP contribution in [0.1, 0.15) is 12.8 Å². The summed E-state index contributed by atoms with van der Waals surface area (Å²) in [6.07, 6.45) is 2.07. The van der Waals surface area contributed by atoms with E-state index in [9.17, 15) is 4.79 Å². The molecule has 5 nitrogen and oxygen atoms in total. The summed E-state index contributed by atoms with van der Waals surface area (Å²) in [6.45, 7) is 4.14. The smallest absolute Gasteiger partial charge is 0.233 e. The molecule has 0 radical (unpaired) electrons. The fourth-order valence-corrected chi connectivity index (χ4v) is 1.41. The van der Waals surface area contributed by atoms with Crippen molar-refractivity contribution in [1.82, 2.24) is 20.4 Å². The van der Waals surface area contributed by atoms with Gasteiger partial charge < -0.3 is 20.4 Å². The van der Waals surface area contributed by atoms with Crippen LogP contribution in [-0.2, 0) is 4.79 Å². The third-order valence-corrected chi connectivity index (χ3v) is 2.35. The lowest BCUT2D eigenvalue weighted by molar-refractivity contribution is -0.120. The van der Waals surface area contributed by atoms with Crippen LogP contribution >= 0.6 is 0 Å². The Morgan fingerprint density at radius 2 is 1.47 bits per heavy atom. The molecule has 0 spiro atoms.